The Labute approximate surface area is 241 Å². The van der Waals surface area contributed by atoms with Crippen LogP contribution in [-0.4, -0.2) is 52.5 Å². The van der Waals surface area contributed by atoms with Crippen LogP contribution in [0.2, 0.25) is 0 Å². The highest BCUT2D eigenvalue weighted by Crippen LogP contribution is 2.28. The quantitative estimate of drug-likeness (QED) is 0.159. The largest absolute Gasteiger partial charge is 0.519 e. The van der Waals surface area contributed by atoms with Gasteiger partial charge in [0.15, 0.2) is 0 Å². The van der Waals surface area contributed by atoms with Crippen molar-refractivity contribution in [3.8, 4) is 11.5 Å². The fourth-order valence-electron chi connectivity index (χ4n) is 3.38. The third-order valence-corrected chi connectivity index (χ3v) is 5.02. The van der Waals surface area contributed by atoms with Gasteiger partial charge in [-0.2, -0.15) is 0 Å². The number of ether oxygens (including phenoxy) is 4. The predicted molar refractivity (Wildman–Crippen MR) is 149 cm³/mol. The highest BCUT2D eigenvalue weighted by molar-refractivity contribution is 5.70. The van der Waals surface area contributed by atoms with Crippen molar-refractivity contribution in [1.82, 2.24) is 10.6 Å². The fraction of sp³-hybridized carbons (Fsp3) is 0.444. The van der Waals surface area contributed by atoms with Crippen molar-refractivity contribution >= 4 is 29.7 Å². The second-order valence-corrected chi connectivity index (χ2v) is 10.9. The zero-order chi connectivity index (χ0) is 31.7. The number of rotatable bonds is 10. The molecular weight excluding hydrogens is 556 g/mol. The Kier molecular flexibility index (Phi) is 11.2. The molecule has 228 valence electrons. The molecule has 2 aromatic rings. The number of nitrogens with one attached hydrogen (secondary N) is 2. The Bertz CT molecular complexity index is 1230. The minimum atomic E-state index is -1.22. The maximum atomic E-state index is 12.7. The van der Waals surface area contributed by atoms with E-state index in [9.17, 15) is 34.6 Å². The Morgan fingerprint density at radius 2 is 1.05 bits per heavy atom. The van der Waals surface area contributed by atoms with Gasteiger partial charge < -0.3 is 29.6 Å². The normalized spacial score (nSPS) is 11.2. The number of nitro groups is 2. The summed E-state index contributed by atoms with van der Waals surface area (Å²) in [5.41, 5.74) is -1.53. The molecule has 15 nitrogen and oxygen atoms in total. The molecule has 0 radical (unpaired) electrons. The number of amides is 2. The van der Waals surface area contributed by atoms with Crippen LogP contribution >= 0.6 is 0 Å². The average molecular weight is 591 g/mol. The molecule has 42 heavy (non-hydrogen) atoms. The Balaban J connectivity index is 2.17. The van der Waals surface area contributed by atoms with E-state index in [1.54, 1.807) is 41.5 Å². The van der Waals surface area contributed by atoms with Gasteiger partial charge in [-0.15, -0.1) is 0 Å². The van der Waals surface area contributed by atoms with Crippen molar-refractivity contribution in [2.45, 2.75) is 65.6 Å². The minimum absolute atomic E-state index is 0.0125. The van der Waals surface area contributed by atoms with Crippen LogP contribution in [0.1, 0.15) is 52.7 Å². The van der Waals surface area contributed by atoms with Crippen LogP contribution < -0.4 is 20.1 Å². The zero-order valence-corrected chi connectivity index (χ0v) is 24.2. The van der Waals surface area contributed by atoms with Gasteiger partial charge in [0.05, 0.1) is 9.85 Å². The topological polar surface area (TPSA) is 198 Å². The minimum Gasteiger partial charge on any atom is -0.444 e. The molecule has 0 saturated carbocycles. The third kappa shape index (κ3) is 11.7. The summed E-state index contributed by atoms with van der Waals surface area (Å²) >= 11 is 0. The van der Waals surface area contributed by atoms with E-state index >= 15 is 0 Å². The molecule has 0 atom stereocenters. The Morgan fingerprint density at radius 3 is 1.36 bits per heavy atom. The summed E-state index contributed by atoms with van der Waals surface area (Å²) in [7, 11) is 0. The molecule has 0 bridgehead atoms. The molecule has 0 fully saturated rings. The molecular formula is C27H34N4O11. The molecule has 2 rings (SSSR count). The lowest BCUT2D eigenvalue weighted by Crippen LogP contribution is -2.33. The summed E-state index contributed by atoms with van der Waals surface area (Å²) in [5, 5.41) is 27.6. The van der Waals surface area contributed by atoms with Crippen molar-refractivity contribution < 1.29 is 43.2 Å². The van der Waals surface area contributed by atoms with Gasteiger partial charge in [0, 0.05) is 48.5 Å². The first-order chi connectivity index (χ1) is 19.4. The molecule has 0 spiro atoms. The molecule has 0 heterocycles. The smallest absolute Gasteiger partial charge is 0.444 e. The molecule has 0 saturated heterocycles. The van der Waals surface area contributed by atoms with Gasteiger partial charge in [0.2, 0.25) is 0 Å². The average Bonchev–Trinajstić information content (AvgIpc) is 2.83. The molecule has 2 amide bonds. The monoisotopic (exact) mass is 590 g/mol. The molecule has 0 aliphatic carbocycles. The summed E-state index contributed by atoms with van der Waals surface area (Å²) in [5.74, 6) is -0.127. The molecule has 0 aromatic heterocycles. The van der Waals surface area contributed by atoms with Crippen LogP contribution in [0.25, 0.3) is 0 Å². The molecule has 15 heteroatoms. The molecule has 2 N–H and O–H groups in total. The highest BCUT2D eigenvalue weighted by atomic mass is 16.7. The number of benzene rings is 2. The second kappa shape index (κ2) is 14.1. The summed E-state index contributed by atoms with van der Waals surface area (Å²) in [6.45, 7) is 10.2. The number of nitrogens with zero attached hydrogens (tertiary/aromatic N) is 2. The first-order valence-corrected chi connectivity index (χ1v) is 12.8. The van der Waals surface area contributed by atoms with E-state index in [2.05, 4.69) is 10.6 Å². The van der Waals surface area contributed by atoms with E-state index in [4.69, 9.17) is 18.9 Å². The summed E-state index contributed by atoms with van der Waals surface area (Å²) in [6.07, 6.45) is -2.52. The number of hydrogen-bond acceptors (Lipinski definition) is 11. The lowest BCUT2D eigenvalue weighted by atomic mass is 10.1. The van der Waals surface area contributed by atoms with Crippen molar-refractivity contribution in [2.75, 3.05) is 13.1 Å². The maximum Gasteiger partial charge on any atom is 0.519 e. The van der Waals surface area contributed by atoms with Gasteiger partial charge in [0.1, 0.15) is 22.7 Å². The number of hydrogen-bond donors (Lipinski definition) is 2. The molecule has 0 unspecified atom stereocenters. The highest BCUT2D eigenvalue weighted by Gasteiger charge is 2.21. The van der Waals surface area contributed by atoms with Crippen LogP contribution in [0, 0.1) is 20.2 Å². The number of alkyl carbamates (subject to hydrolysis) is 2. The third-order valence-electron chi connectivity index (χ3n) is 5.02. The van der Waals surface area contributed by atoms with Crippen LogP contribution in [0.3, 0.4) is 0 Å². The number of carbonyl (C=O) groups is 3. The summed E-state index contributed by atoms with van der Waals surface area (Å²) in [6, 6.07) is 7.07. The fourth-order valence-corrected chi connectivity index (χ4v) is 3.38. The van der Waals surface area contributed by atoms with Gasteiger partial charge >= 0.3 is 18.3 Å². The van der Waals surface area contributed by atoms with Crippen molar-refractivity contribution in [2.24, 2.45) is 0 Å². The first-order valence-electron chi connectivity index (χ1n) is 12.8. The SMILES string of the molecule is CC(C)(C)OC(=O)NCCc1cc([N+](=O)[O-])ccc1OC(=O)Oc1ccc([N+](=O)[O-])cc1CCNC(=O)OC(C)(C)C. The second-order valence-electron chi connectivity index (χ2n) is 10.9. The predicted octanol–water partition coefficient (Wildman–Crippen LogP) is 5.22. The van der Waals surface area contributed by atoms with Gasteiger partial charge in [-0.25, -0.2) is 14.4 Å². The summed E-state index contributed by atoms with van der Waals surface area (Å²) < 4.78 is 20.9. The number of non-ortho nitro benzene ring substituents is 2. The zero-order valence-electron chi connectivity index (χ0n) is 24.2. The van der Waals surface area contributed by atoms with Crippen LogP contribution in [-0.2, 0) is 22.3 Å². The van der Waals surface area contributed by atoms with Crippen LogP contribution in [0.15, 0.2) is 36.4 Å². The Hall–Kier alpha value is -4.95. The van der Waals surface area contributed by atoms with E-state index in [0.717, 1.165) is 12.1 Å². The molecule has 2 aromatic carbocycles. The summed E-state index contributed by atoms with van der Waals surface area (Å²) in [4.78, 5) is 57.9. The van der Waals surface area contributed by atoms with Gasteiger partial charge in [-0.1, -0.05) is 0 Å². The molecule has 0 aliphatic heterocycles. The van der Waals surface area contributed by atoms with Crippen LogP contribution in [0.4, 0.5) is 25.8 Å². The lowest BCUT2D eigenvalue weighted by Gasteiger charge is -2.20. The first kappa shape index (κ1) is 33.3. The van der Waals surface area contributed by atoms with Crippen molar-refractivity contribution in [3.05, 3.63) is 67.8 Å². The number of nitro benzene ring substituents is 2. The lowest BCUT2D eigenvalue weighted by molar-refractivity contribution is -0.385. The van der Waals surface area contributed by atoms with Crippen molar-refractivity contribution in [1.29, 1.82) is 0 Å². The van der Waals surface area contributed by atoms with Gasteiger partial charge in [-0.05, 0) is 66.5 Å². The standard InChI is InChI=1S/C27H34N4O11/c1-26(2,3)41-23(32)28-13-11-17-15-19(30(35)36)7-9-21(17)39-25(34)40-22-10-8-20(31(37)38)16-18(22)12-14-29-24(33)42-27(4,5)6/h7-10,15-16H,11-14H2,1-6H3,(H,28,32)(H,29,33). The van der Waals surface area contributed by atoms with E-state index < -0.39 is 39.4 Å². The van der Waals surface area contributed by atoms with Crippen LogP contribution in [0.5, 0.6) is 11.5 Å². The molecule has 0 aliphatic rings. The van der Waals surface area contributed by atoms with E-state index in [1.165, 1.54) is 24.3 Å². The van der Waals surface area contributed by atoms with Gasteiger partial charge in [0.25, 0.3) is 11.4 Å². The number of carbonyl (C=O) groups excluding carboxylic acids is 3. The Morgan fingerprint density at radius 1 is 0.690 bits per heavy atom. The van der Waals surface area contributed by atoms with E-state index in [1.807, 2.05) is 0 Å². The van der Waals surface area contributed by atoms with E-state index in [0.29, 0.717) is 0 Å². The van der Waals surface area contributed by atoms with Gasteiger partial charge in [-0.3, -0.25) is 20.2 Å². The van der Waals surface area contributed by atoms with Crippen molar-refractivity contribution in [3.63, 3.8) is 0 Å². The maximum absolute atomic E-state index is 12.7. The van der Waals surface area contributed by atoms with E-state index in [-0.39, 0.29) is 59.9 Å².